The first-order valence-electron chi connectivity index (χ1n) is 12.3. The number of benzene rings is 2. The predicted octanol–water partition coefficient (Wildman–Crippen LogP) is 3.75. The smallest absolute Gasteiger partial charge is 0.244 e. The Labute approximate surface area is 215 Å². The summed E-state index contributed by atoms with van der Waals surface area (Å²) < 4.78 is 31.7. The molecule has 2 amide bonds. The lowest BCUT2D eigenvalue weighted by Gasteiger charge is -2.33. The Kier molecular flexibility index (Phi) is 10.8. The van der Waals surface area contributed by atoms with Gasteiger partial charge in [0, 0.05) is 12.6 Å². The topological polar surface area (TPSA) is 96.0 Å². The van der Waals surface area contributed by atoms with Crippen LogP contribution < -0.4 is 14.4 Å². The number of nitrogens with one attached hydrogen (secondary N) is 1. The van der Waals surface area contributed by atoms with Gasteiger partial charge in [0.1, 0.15) is 18.3 Å². The van der Waals surface area contributed by atoms with Crippen LogP contribution in [0.2, 0.25) is 0 Å². The number of carbonyl (C=O) groups is 2. The van der Waals surface area contributed by atoms with Crippen molar-refractivity contribution in [3.8, 4) is 5.75 Å². The van der Waals surface area contributed by atoms with Crippen LogP contribution in [-0.2, 0) is 32.6 Å². The highest BCUT2D eigenvalue weighted by Gasteiger charge is 2.32. The number of anilines is 1. The van der Waals surface area contributed by atoms with Crippen molar-refractivity contribution in [1.82, 2.24) is 10.2 Å². The van der Waals surface area contributed by atoms with Crippen molar-refractivity contribution in [2.24, 2.45) is 0 Å². The van der Waals surface area contributed by atoms with Gasteiger partial charge in [-0.05, 0) is 61.6 Å². The van der Waals surface area contributed by atoms with E-state index in [0.717, 1.165) is 34.5 Å². The molecule has 0 aliphatic rings. The zero-order chi connectivity index (χ0) is 26.9. The molecule has 2 atom stereocenters. The number of nitrogens with zero attached hydrogens (tertiary/aromatic N) is 2. The molecule has 0 radical (unpaired) electrons. The highest BCUT2D eigenvalue weighted by molar-refractivity contribution is 7.92. The van der Waals surface area contributed by atoms with Crippen molar-refractivity contribution in [2.45, 2.75) is 65.6 Å². The van der Waals surface area contributed by atoms with Gasteiger partial charge < -0.3 is 15.0 Å². The highest BCUT2D eigenvalue weighted by Crippen LogP contribution is 2.21. The van der Waals surface area contributed by atoms with Crippen LogP contribution in [0.5, 0.6) is 5.75 Å². The van der Waals surface area contributed by atoms with Crippen molar-refractivity contribution < 1.29 is 22.7 Å². The molecule has 0 bridgehead atoms. The van der Waals surface area contributed by atoms with Gasteiger partial charge >= 0.3 is 0 Å². The number of rotatable bonds is 13. The molecule has 0 saturated carbocycles. The molecular weight excluding hydrogens is 478 g/mol. The van der Waals surface area contributed by atoms with Crippen LogP contribution in [0.1, 0.15) is 51.7 Å². The maximum atomic E-state index is 13.7. The maximum Gasteiger partial charge on any atom is 0.244 e. The normalized spacial score (nSPS) is 12.9. The average molecular weight is 518 g/mol. The summed E-state index contributed by atoms with van der Waals surface area (Å²) in [4.78, 5) is 28.3. The van der Waals surface area contributed by atoms with Gasteiger partial charge in [-0.3, -0.25) is 13.9 Å². The quantitative estimate of drug-likeness (QED) is 0.437. The molecule has 8 nitrogen and oxygen atoms in total. The Morgan fingerprint density at radius 2 is 1.53 bits per heavy atom. The summed E-state index contributed by atoms with van der Waals surface area (Å²) in [6.07, 6.45) is 3.03. The van der Waals surface area contributed by atoms with Gasteiger partial charge in [0.15, 0.2) is 0 Å². The van der Waals surface area contributed by atoms with Crippen LogP contribution in [0.4, 0.5) is 5.69 Å². The highest BCUT2D eigenvalue weighted by atomic mass is 32.2. The van der Waals surface area contributed by atoms with Gasteiger partial charge in [0.25, 0.3) is 0 Å². The van der Waals surface area contributed by atoms with E-state index in [2.05, 4.69) is 5.32 Å². The number of amides is 2. The number of ether oxygens (including phenoxy) is 1. The first kappa shape index (κ1) is 29.2. The van der Waals surface area contributed by atoms with Crippen LogP contribution in [0.3, 0.4) is 0 Å². The summed E-state index contributed by atoms with van der Waals surface area (Å²) in [5.74, 6) is -0.0363. The summed E-state index contributed by atoms with van der Waals surface area (Å²) >= 11 is 0. The van der Waals surface area contributed by atoms with Gasteiger partial charge in [-0.1, -0.05) is 45.0 Å². The lowest BCUT2D eigenvalue weighted by atomic mass is 10.1. The molecule has 0 unspecified atom stereocenters. The van der Waals surface area contributed by atoms with Crippen LogP contribution in [-0.4, -0.2) is 57.1 Å². The van der Waals surface area contributed by atoms with Crippen molar-refractivity contribution in [3.63, 3.8) is 0 Å². The zero-order valence-electron chi connectivity index (χ0n) is 22.2. The van der Waals surface area contributed by atoms with Crippen LogP contribution in [0, 0.1) is 0 Å². The molecule has 0 aromatic heterocycles. The van der Waals surface area contributed by atoms with Gasteiger partial charge in [-0.2, -0.15) is 0 Å². The summed E-state index contributed by atoms with van der Waals surface area (Å²) in [6.45, 7) is 7.48. The van der Waals surface area contributed by atoms with Crippen LogP contribution in [0.15, 0.2) is 48.5 Å². The largest absolute Gasteiger partial charge is 0.497 e. The molecule has 0 saturated heterocycles. The monoisotopic (exact) mass is 517 g/mol. The SMILES string of the molecule is CCc1ccc(N(CC(=O)N(Cc2ccc(OC)cc2)[C@@H](CC)C(=O)N[C@@H](C)CC)S(C)(=O)=O)cc1. The van der Waals surface area contributed by atoms with Crippen molar-refractivity contribution in [1.29, 1.82) is 0 Å². The Morgan fingerprint density at radius 3 is 2.00 bits per heavy atom. The fraction of sp³-hybridized carbons (Fsp3) is 0.481. The van der Waals surface area contributed by atoms with Crippen molar-refractivity contribution in [2.75, 3.05) is 24.2 Å². The summed E-state index contributed by atoms with van der Waals surface area (Å²) in [5.41, 5.74) is 2.27. The molecule has 0 fully saturated rings. The lowest BCUT2D eigenvalue weighted by molar-refractivity contribution is -0.140. The summed E-state index contributed by atoms with van der Waals surface area (Å²) in [7, 11) is -2.18. The molecule has 2 aromatic rings. The van der Waals surface area contributed by atoms with Crippen molar-refractivity contribution >= 4 is 27.5 Å². The average Bonchev–Trinajstić information content (AvgIpc) is 2.86. The Bertz CT molecular complexity index is 1100. The number of sulfonamides is 1. The number of hydrogen-bond donors (Lipinski definition) is 1. The second-order valence-corrected chi connectivity index (χ2v) is 10.8. The molecule has 198 valence electrons. The molecule has 36 heavy (non-hydrogen) atoms. The van der Waals surface area contributed by atoms with Gasteiger partial charge in [0.2, 0.25) is 21.8 Å². The Balaban J connectivity index is 2.42. The van der Waals surface area contributed by atoms with Crippen molar-refractivity contribution in [3.05, 3.63) is 59.7 Å². The van der Waals surface area contributed by atoms with E-state index < -0.39 is 28.5 Å². The molecule has 0 spiro atoms. The second-order valence-electron chi connectivity index (χ2n) is 8.90. The van der Waals surface area contributed by atoms with Gasteiger partial charge in [-0.25, -0.2) is 8.42 Å². The Hall–Kier alpha value is -3.07. The third-order valence-electron chi connectivity index (χ3n) is 6.21. The molecule has 9 heteroatoms. The minimum absolute atomic E-state index is 0.0471. The van der Waals surface area contributed by atoms with Crippen LogP contribution in [0.25, 0.3) is 0 Å². The third-order valence-corrected chi connectivity index (χ3v) is 7.35. The lowest BCUT2D eigenvalue weighted by Crippen LogP contribution is -2.53. The van der Waals surface area contributed by atoms with E-state index in [1.807, 2.05) is 52.0 Å². The van der Waals surface area contributed by atoms with E-state index in [-0.39, 0.29) is 18.5 Å². The summed E-state index contributed by atoms with van der Waals surface area (Å²) in [6, 6.07) is 13.5. The molecule has 2 aromatic carbocycles. The minimum atomic E-state index is -3.75. The maximum absolute atomic E-state index is 13.7. The molecule has 0 aliphatic heterocycles. The number of carbonyl (C=O) groups excluding carboxylic acids is 2. The van der Waals surface area contributed by atoms with E-state index in [9.17, 15) is 18.0 Å². The fourth-order valence-electron chi connectivity index (χ4n) is 3.80. The number of methoxy groups -OCH3 is 1. The van der Waals surface area contributed by atoms with Gasteiger partial charge in [-0.15, -0.1) is 0 Å². The minimum Gasteiger partial charge on any atom is -0.497 e. The fourth-order valence-corrected chi connectivity index (χ4v) is 4.65. The molecule has 2 rings (SSSR count). The molecule has 1 N–H and O–H groups in total. The van der Waals surface area contributed by atoms with E-state index in [1.165, 1.54) is 4.90 Å². The van der Waals surface area contributed by atoms with Gasteiger partial charge in [0.05, 0.1) is 19.1 Å². The first-order chi connectivity index (χ1) is 17.0. The summed E-state index contributed by atoms with van der Waals surface area (Å²) in [5, 5.41) is 2.96. The van der Waals surface area contributed by atoms with E-state index >= 15 is 0 Å². The van der Waals surface area contributed by atoms with E-state index in [0.29, 0.717) is 17.9 Å². The molecule has 0 heterocycles. The third kappa shape index (κ3) is 7.98. The second kappa shape index (κ2) is 13.3. The van der Waals surface area contributed by atoms with Crippen LogP contribution >= 0.6 is 0 Å². The Morgan fingerprint density at radius 1 is 0.944 bits per heavy atom. The van der Waals surface area contributed by atoms with E-state index in [4.69, 9.17) is 4.74 Å². The standard InChI is InChI=1S/C27H39N3O5S/c1-7-20(4)28-27(32)25(9-3)29(18-22-12-16-24(35-5)17-13-22)26(31)19-30(36(6,33)34)23-14-10-21(8-2)11-15-23/h10-17,20,25H,7-9,18-19H2,1-6H3,(H,28,32)/t20-,25-/m0/s1. The number of hydrogen-bond acceptors (Lipinski definition) is 5. The molecule has 0 aliphatic carbocycles. The molecular formula is C27H39N3O5S. The van der Waals surface area contributed by atoms with E-state index in [1.54, 1.807) is 31.4 Å². The number of aryl methyl sites for hydroxylation is 1. The predicted molar refractivity (Wildman–Crippen MR) is 144 cm³/mol. The zero-order valence-corrected chi connectivity index (χ0v) is 23.0. The first-order valence-corrected chi connectivity index (χ1v) is 14.2.